The second-order valence-corrected chi connectivity index (χ2v) is 5.22. The highest BCUT2D eigenvalue weighted by atomic mass is 19.1. The Bertz CT molecular complexity index is 585. The van der Waals surface area contributed by atoms with Gasteiger partial charge in [-0.2, -0.15) is 0 Å². The van der Waals surface area contributed by atoms with Crippen LogP contribution in [0.25, 0.3) is 0 Å². The first-order chi connectivity index (χ1) is 10.1. The van der Waals surface area contributed by atoms with Gasteiger partial charge in [0.1, 0.15) is 5.82 Å². The molecule has 1 N–H and O–H groups in total. The lowest BCUT2D eigenvalue weighted by Crippen LogP contribution is -2.25. The van der Waals surface area contributed by atoms with Crippen LogP contribution in [0.15, 0.2) is 48.5 Å². The average molecular weight is 287 g/mol. The molecule has 2 aromatic rings. The highest BCUT2D eigenvalue weighted by Gasteiger charge is 2.12. The van der Waals surface area contributed by atoms with Gasteiger partial charge in [-0.1, -0.05) is 30.3 Å². The predicted octanol–water partition coefficient (Wildman–Crippen LogP) is 4.08. The molecule has 0 aliphatic rings. The summed E-state index contributed by atoms with van der Waals surface area (Å²) in [6, 6.07) is 14.5. The predicted molar refractivity (Wildman–Crippen MR) is 85.0 cm³/mol. The molecule has 0 aromatic heterocycles. The normalized spacial score (nSPS) is 12.2. The molecule has 21 heavy (non-hydrogen) atoms. The molecule has 2 aromatic carbocycles. The van der Waals surface area contributed by atoms with E-state index in [1.165, 1.54) is 12.1 Å². The first kappa shape index (κ1) is 15.5. The zero-order valence-electron chi connectivity index (χ0n) is 12.6. The maximum atomic E-state index is 13.3. The maximum absolute atomic E-state index is 13.3. The number of halogens is 1. The molecule has 0 heterocycles. The summed E-state index contributed by atoms with van der Waals surface area (Å²) in [4.78, 5) is 2.07. The highest BCUT2D eigenvalue weighted by Crippen LogP contribution is 2.22. The number of aliphatic hydroxyl groups excluding tert-OH is 1. The van der Waals surface area contributed by atoms with E-state index in [1.807, 2.05) is 44.2 Å². The van der Waals surface area contributed by atoms with Crippen LogP contribution in [-0.2, 0) is 0 Å². The fourth-order valence-corrected chi connectivity index (χ4v) is 2.54. The van der Waals surface area contributed by atoms with Gasteiger partial charge in [0.25, 0.3) is 0 Å². The summed E-state index contributed by atoms with van der Waals surface area (Å²) < 4.78 is 13.3. The molecule has 0 saturated heterocycles. The molecule has 0 aliphatic heterocycles. The molecule has 2 nitrogen and oxygen atoms in total. The van der Waals surface area contributed by atoms with E-state index in [0.717, 1.165) is 23.4 Å². The Balaban J connectivity index is 2.02. The molecule has 0 amide bonds. The van der Waals surface area contributed by atoms with Crippen LogP contribution >= 0.6 is 0 Å². The standard InChI is InChI=1S/C18H22FNO/c1-3-20(16-9-6-8-15(19)13-16)12-11-18(21)17-10-5-4-7-14(17)2/h4-10,13,18,21H,3,11-12H2,1-2H3. The van der Waals surface area contributed by atoms with E-state index >= 15 is 0 Å². The smallest absolute Gasteiger partial charge is 0.125 e. The SMILES string of the molecule is CCN(CCC(O)c1ccccc1C)c1cccc(F)c1. The molecule has 0 bridgehead atoms. The third-order valence-corrected chi connectivity index (χ3v) is 3.77. The van der Waals surface area contributed by atoms with Gasteiger partial charge in [-0.15, -0.1) is 0 Å². The summed E-state index contributed by atoms with van der Waals surface area (Å²) in [5, 5.41) is 10.3. The minimum absolute atomic E-state index is 0.231. The Labute approximate surface area is 125 Å². The zero-order valence-corrected chi connectivity index (χ0v) is 12.6. The lowest BCUT2D eigenvalue weighted by atomic mass is 10.0. The molecule has 2 rings (SSSR count). The van der Waals surface area contributed by atoms with E-state index in [9.17, 15) is 9.50 Å². The van der Waals surface area contributed by atoms with Crippen LogP contribution in [-0.4, -0.2) is 18.2 Å². The molecule has 1 atom stereocenters. The van der Waals surface area contributed by atoms with Crippen LogP contribution in [0.4, 0.5) is 10.1 Å². The molecular formula is C18H22FNO. The van der Waals surface area contributed by atoms with E-state index < -0.39 is 6.10 Å². The summed E-state index contributed by atoms with van der Waals surface area (Å²) in [6.45, 7) is 5.51. The van der Waals surface area contributed by atoms with Gasteiger partial charge < -0.3 is 10.0 Å². The van der Waals surface area contributed by atoms with E-state index in [2.05, 4.69) is 4.90 Å². The Morgan fingerprint density at radius 2 is 1.90 bits per heavy atom. The number of aliphatic hydroxyl groups is 1. The van der Waals surface area contributed by atoms with Gasteiger partial charge in [0.15, 0.2) is 0 Å². The number of aryl methyl sites for hydroxylation is 1. The molecule has 0 radical (unpaired) electrons. The molecule has 0 saturated carbocycles. The van der Waals surface area contributed by atoms with Crippen LogP contribution in [0.3, 0.4) is 0 Å². The third kappa shape index (κ3) is 4.05. The minimum atomic E-state index is -0.492. The van der Waals surface area contributed by atoms with Gasteiger partial charge in [-0.3, -0.25) is 0 Å². The number of nitrogens with zero attached hydrogens (tertiary/aromatic N) is 1. The molecule has 0 aliphatic carbocycles. The Morgan fingerprint density at radius 1 is 1.14 bits per heavy atom. The van der Waals surface area contributed by atoms with Crippen LogP contribution in [0, 0.1) is 12.7 Å². The number of anilines is 1. The first-order valence-corrected chi connectivity index (χ1v) is 7.36. The Hall–Kier alpha value is -1.87. The number of hydrogen-bond donors (Lipinski definition) is 1. The van der Waals surface area contributed by atoms with Gasteiger partial charge >= 0.3 is 0 Å². The van der Waals surface area contributed by atoms with Crippen molar-refractivity contribution < 1.29 is 9.50 Å². The van der Waals surface area contributed by atoms with Gasteiger partial charge in [-0.25, -0.2) is 4.39 Å². The van der Waals surface area contributed by atoms with Crippen LogP contribution < -0.4 is 4.90 Å². The topological polar surface area (TPSA) is 23.5 Å². The Morgan fingerprint density at radius 3 is 2.57 bits per heavy atom. The molecule has 3 heteroatoms. The third-order valence-electron chi connectivity index (χ3n) is 3.77. The van der Waals surface area contributed by atoms with Gasteiger partial charge in [-0.05, 0) is 49.6 Å². The van der Waals surface area contributed by atoms with Crippen molar-refractivity contribution in [2.75, 3.05) is 18.0 Å². The second-order valence-electron chi connectivity index (χ2n) is 5.22. The summed E-state index contributed by atoms with van der Waals surface area (Å²) in [6.07, 6.45) is 0.128. The average Bonchev–Trinajstić information content (AvgIpc) is 2.48. The summed E-state index contributed by atoms with van der Waals surface area (Å²) in [5.41, 5.74) is 2.92. The summed E-state index contributed by atoms with van der Waals surface area (Å²) in [7, 11) is 0. The lowest BCUT2D eigenvalue weighted by Gasteiger charge is -2.25. The first-order valence-electron chi connectivity index (χ1n) is 7.36. The second kappa shape index (κ2) is 7.23. The molecular weight excluding hydrogens is 265 g/mol. The molecule has 0 fully saturated rings. The van der Waals surface area contributed by atoms with Crippen molar-refractivity contribution in [1.29, 1.82) is 0 Å². The fourth-order valence-electron chi connectivity index (χ4n) is 2.54. The van der Waals surface area contributed by atoms with Crippen LogP contribution in [0.2, 0.25) is 0 Å². The van der Waals surface area contributed by atoms with E-state index in [0.29, 0.717) is 13.0 Å². The molecule has 1 unspecified atom stereocenters. The summed E-state index contributed by atoms with van der Waals surface area (Å²) >= 11 is 0. The van der Waals surface area contributed by atoms with Crippen molar-refractivity contribution in [3.8, 4) is 0 Å². The van der Waals surface area contributed by atoms with Crippen molar-refractivity contribution in [2.45, 2.75) is 26.4 Å². The van der Waals surface area contributed by atoms with Gasteiger partial charge in [0.2, 0.25) is 0 Å². The van der Waals surface area contributed by atoms with Crippen molar-refractivity contribution in [3.05, 3.63) is 65.5 Å². The van der Waals surface area contributed by atoms with Crippen LogP contribution in [0.5, 0.6) is 0 Å². The lowest BCUT2D eigenvalue weighted by molar-refractivity contribution is 0.169. The summed E-state index contributed by atoms with van der Waals surface area (Å²) in [5.74, 6) is -0.231. The largest absolute Gasteiger partial charge is 0.388 e. The van der Waals surface area contributed by atoms with Crippen molar-refractivity contribution in [3.63, 3.8) is 0 Å². The molecule has 0 spiro atoms. The van der Waals surface area contributed by atoms with E-state index in [-0.39, 0.29) is 5.82 Å². The van der Waals surface area contributed by atoms with Crippen molar-refractivity contribution >= 4 is 5.69 Å². The van der Waals surface area contributed by atoms with Crippen LogP contribution in [0.1, 0.15) is 30.6 Å². The zero-order chi connectivity index (χ0) is 15.2. The van der Waals surface area contributed by atoms with E-state index in [4.69, 9.17) is 0 Å². The fraction of sp³-hybridized carbons (Fsp3) is 0.333. The minimum Gasteiger partial charge on any atom is -0.388 e. The highest BCUT2D eigenvalue weighted by molar-refractivity contribution is 5.46. The number of benzene rings is 2. The monoisotopic (exact) mass is 287 g/mol. The molecule has 112 valence electrons. The quantitative estimate of drug-likeness (QED) is 0.865. The van der Waals surface area contributed by atoms with Gasteiger partial charge in [0, 0.05) is 18.8 Å². The van der Waals surface area contributed by atoms with Crippen molar-refractivity contribution in [2.24, 2.45) is 0 Å². The number of hydrogen-bond acceptors (Lipinski definition) is 2. The van der Waals surface area contributed by atoms with E-state index in [1.54, 1.807) is 6.07 Å². The van der Waals surface area contributed by atoms with Crippen molar-refractivity contribution in [1.82, 2.24) is 0 Å². The maximum Gasteiger partial charge on any atom is 0.125 e. The van der Waals surface area contributed by atoms with Gasteiger partial charge in [0.05, 0.1) is 6.10 Å². The Kier molecular flexibility index (Phi) is 5.34. The number of rotatable bonds is 6.